The monoisotopic (exact) mass is 386 g/mol. The first kappa shape index (κ1) is 20.1. The molecular weight excluding hydrogens is 364 g/mol. The van der Waals surface area contributed by atoms with Crippen molar-refractivity contribution < 1.29 is 19.4 Å². The molecule has 0 aliphatic carbocycles. The van der Waals surface area contributed by atoms with Crippen LogP contribution in [0.5, 0.6) is 0 Å². The molecule has 0 amide bonds. The van der Waals surface area contributed by atoms with Crippen LogP contribution in [-0.4, -0.2) is 23.7 Å². The van der Waals surface area contributed by atoms with Gasteiger partial charge in [0, 0.05) is 0 Å². The van der Waals surface area contributed by atoms with Crippen molar-refractivity contribution in [2.24, 2.45) is 0 Å². The van der Waals surface area contributed by atoms with Crippen LogP contribution in [0.3, 0.4) is 0 Å². The molecule has 0 radical (unpaired) electrons. The number of esters is 1. The number of carboxylic acids is 1. The third-order valence-electron chi connectivity index (χ3n) is 4.48. The topological polar surface area (TPSA) is 63.6 Å². The predicted octanol–water partition coefficient (Wildman–Crippen LogP) is 5.33. The first-order chi connectivity index (χ1) is 14.1. The summed E-state index contributed by atoms with van der Waals surface area (Å²) in [4.78, 5) is 23.6. The molecule has 0 unspecified atom stereocenters. The average Bonchev–Trinajstić information content (AvgIpc) is 2.73. The van der Waals surface area contributed by atoms with Gasteiger partial charge < -0.3 is 9.84 Å². The van der Waals surface area contributed by atoms with E-state index in [1.807, 2.05) is 66.7 Å². The van der Waals surface area contributed by atoms with E-state index in [-0.39, 0.29) is 18.0 Å². The minimum Gasteiger partial charge on any atom is -0.478 e. The fourth-order valence-corrected chi connectivity index (χ4v) is 3.18. The first-order valence-electron chi connectivity index (χ1n) is 9.43. The summed E-state index contributed by atoms with van der Waals surface area (Å²) in [6.07, 6.45) is 4.09. The highest BCUT2D eigenvalue weighted by atomic mass is 16.5. The molecule has 0 atom stereocenters. The standard InChI is InChI=1S/C25H22O4/c1-2-29-23(26)17-21-12-6-10-19(15-14-18-8-4-3-5-9-18)24(21)20-11-7-13-22(16-20)25(27)28/h3-16H,2,17H2,1H3,(H,27,28). The molecule has 0 saturated heterocycles. The Kier molecular flexibility index (Phi) is 6.59. The van der Waals surface area contributed by atoms with E-state index in [4.69, 9.17) is 4.74 Å². The smallest absolute Gasteiger partial charge is 0.335 e. The van der Waals surface area contributed by atoms with Crippen LogP contribution in [0, 0.1) is 0 Å². The number of carbonyl (C=O) groups excluding carboxylic acids is 1. The Morgan fingerprint density at radius 1 is 0.931 bits per heavy atom. The van der Waals surface area contributed by atoms with E-state index < -0.39 is 5.97 Å². The summed E-state index contributed by atoms with van der Waals surface area (Å²) in [6, 6.07) is 22.4. The van der Waals surface area contributed by atoms with Crippen LogP contribution in [0.15, 0.2) is 72.8 Å². The van der Waals surface area contributed by atoms with Gasteiger partial charge in [-0.05, 0) is 46.9 Å². The second-order valence-corrected chi connectivity index (χ2v) is 6.49. The van der Waals surface area contributed by atoms with Gasteiger partial charge in [0.05, 0.1) is 18.6 Å². The van der Waals surface area contributed by atoms with Gasteiger partial charge in [-0.2, -0.15) is 0 Å². The van der Waals surface area contributed by atoms with Gasteiger partial charge in [0.15, 0.2) is 0 Å². The maximum Gasteiger partial charge on any atom is 0.335 e. The van der Waals surface area contributed by atoms with Gasteiger partial charge in [0.25, 0.3) is 0 Å². The molecular formula is C25H22O4. The van der Waals surface area contributed by atoms with Gasteiger partial charge >= 0.3 is 11.9 Å². The van der Waals surface area contributed by atoms with Crippen LogP contribution in [-0.2, 0) is 16.0 Å². The largest absolute Gasteiger partial charge is 0.478 e. The lowest BCUT2D eigenvalue weighted by Crippen LogP contribution is -2.09. The summed E-state index contributed by atoms with van der Waals surface area (Å²) in [7, 11) is 0. The SMILES string of the molecule is CCOC(=O)Cc1cccc(C=Cc2ccccc2)c1-c1cccc(C(=O)O)c1. The Morgan fingerprint density at radius 2 is 1.69 bits per heavy atom. The quantitative estimate of drug-likeness (QED) is 0.440. The molecule has 3 aromatic rings. The average molecular weight is 386 g/mol. The van der Waals surface area contributed by atoms with E-state index in [9.17, 15) is 14.7 Å². The second-order valence-electron chi connectivity index (χ2n) is 6.49. The van der Waals surface area contributed by atoms with Crippen LogP contribution in [0.1, 0.15) is 34.0 Å². The maximum atomic E-state index is 12.1. The Labute approximate surface area is 170 Å². The molecule has 0 aliphatic heterocycles. The highest BCUT2D eigenvalue weighted by molar-refractivity contribution is 5.91. The van der Waals surface area contributed by atoms with Gasteiger partial charge in [-0.1, -0.05) is 72.8 Å². The summed E-state index contributed by atoms with van der Waals surface area (Å²) in [5, 5.41) is 9.37. The van der Waals surface area contributed by atoms with E-state index in [1.54, 1.807) is 25.1 Å². The summed E-state index contributed by atoms with van der Waals surface area (Å²) >= 11 is 0. The van der Waals surface area contributed by atoms with Crippen LogP contribution < -0.4 is 0 Å². The van der Waals surface area contributed by atoms with Crippen molar-refractivity contribution >= 4 is 24.1 Å². The Hall–Kier alpha value is -3.66. The van der Waals surface area contributed by atoms with Crippen molar-refractivity contribution in [3.63, 3.8) is 0 Å². The molecule has 4 nitrogen and oxygen atoms in total. The Balaban J connectivity index is 2.10. The van der Waals surface area contributed by atoms with E-state index in [0.29, 0.717) is 6.61 Å². The lowest BCUT2D eigenvalue weighted by Gasteiger charge is -2.14. The van der Waals surface area contributed by atoms with Crippen molar-refractivity contribution in [3.05, 3.63) is 95.1 Å². The molecule has 4 heteroatoms. The molecule has 146 valence electrons. The van der Waals surface area contributed by atoms with Gasteiger partial charge in [0.1, 0.15) is 0 Å². The Morgan fingerprint density at radius 3 is 2.41 bits per heavy atom. The maximum absolute atomic E-state index is 12.1. The second kappa shape index (κ2) is 9.51. The van der Waals surface area contributed by atoms with Crippen molar-refractivity contribution in [2.45, 2.75) is 13.3 Å². The number of hydrogen-bond donors (Lipinski definition) is 1. The van der Waals surface area contributed by atoms with Crippen molar-refractivity contribution in [1.82, 2.24) is 0 Å². The Bertz CT molecular complexity index is 1040. The summed E-state index contributed by atoms with van der Waals surface area (Å²) < 4.78 is 5.12. The molecule has 0 fully saturated rings. The van der Waals surface area contributed by atoms with Crippen LogP contribution in [0.2, 0.25) is 0 Å². The minimum absolute atomic E-state index is 0.119. The van der Waals surface area contributed by atoms with Crippen molar-refractivity contribution in [3.8, 4) is 11.1 Å². The summed E-state index contributed by atoms with van der Waals surface area (Å²) in [6.45, 7) is 2.09. The molecule has 0 bridgehead atoms. The molecule has 0 heterocycles. The van der Waals surface area contributed by atoms with E-state index in [0.717, 1.165) is 27.8 Å². The zero-order valence-corrected chi connectivity index (χ0v) is 16.2. The number of aromatic carboxylic acids is 1. The fraction of sp³-hybridized carbons (Fsp3) is 0.120. The highest BCUT2D eigenvalue weighted by Gasteiger charge is 2.15. The van der Waals surface area contributed by atoms with Gasteiger partial charge in [0.2, 0.25) is 0 Å². The van der Waals surface area contributed by atoms with Gasteiger partial charge in [-0.15, -0.1) is 0 Å². The van der Waals surface area contributed by atoms with Gasteiger partial charge in [-0.3, -0.25) is 4.79 Å². The number of carboxylic acid groups (broad SMARTS) is 1. The molecule has 0 aromatic heterocycles. The number of hydrogen-bond acceptors (Lipinski definition) is 3. The third kappa shape index (κ3) is 5.20. The molecule has 3 rings (SSSR count). The number of rotatable bonds is 7. The van der Waals surface area contributed by atoms with Gasteiger partial charge in [-0.25, -0.2) is 4.79 Å². The van der Waals surface area contributed by atoms with E-state index in [1.165, 1.54) is 0 Å². The molecule has 0 spiro atoms. The first-order valence-corrected chi connectivity index (χ1v) is 9.43. The predicted molar refractivity (Wildman–Crippen MR) is 115 cm³/mol. The normalized spacial score (nSPS) is 10.8. The third-order valence-corrected chi connectivity index (χ3v) is 4.48. The van der Waals surface area contributed by atoms with Crippen LogP contribution >= 0.6 is 0 Å². The molecule has 0 saturated carbocycles. The highest BCUT2D eigenvalue weighted by Crippen LogP contribution is 2.31. The number of ether oxygens (including phenoxy) is 1. The molecule has 3 aromatic carbocycles. The van der Waals surface area contributed by atoms with Crippen molar-refractivity contribution in [1.29, 1.82) is 0 Å². The zero-order valence-electron chi connectivity index (χ0n) is 16.2. The zero-order chi connectivity index (χ0) is 20.6. The number of benzene rings is 3. The molecule has 0 aliphatic rings. The molecule has 1 N–H and O–H groups in total. The summed E-state index contributed by atoms with van der Waals surface area (Å²) in [5.41, 5.74) is 4.52. The fourth-order valence-electron chi connectivity index (χ4n) is 3.18. The van der Waals surface area contributed by atoms with Crippen LogP contribution in [0.4, 0.5) is 0 Å². The van der Waals surface area contributed by atoms with E-state index in [2.05, 4.69) is 0 Å². The lowest BCUT2D eigenvalue weighted by molar-refractivity contribution is -0.142. The molecule has 29 heavy (non-hydrogen) atoms. The summed E-state index contributed by atoms with van der Waals surface area (Å²) in [5.74, 6) is -1.30. The van der Waals surface area contributed by atoms with Crippen molar-refractivity contribution in [2.75, 3.05) is 6.61 Å². The number of carbonyl (C=O) groups is 2. The van der Waals surface area contributed by atoms with Crippen LogP contribution in [0.25, 0.3) is 23.3 Å². The lowest BCUT2D eigenvalue weighted by atomic mass is 9.91. The minimum atomic E-state index is -0.990. The van der Waals surface area contributed by atoms with E-state index >= 15 is 0 Å².